The molecule has 0 aliphatic rings. The second kappa shape index (κ2) is 3.41. The fourth-order valence-electron chi connectivity index (χ4n) is 1.25. The molecule has 0 saturated carbocycles. The van der Waals surface area contributed by atoms with E-state index in [1.54, 1.807) is 0 Å². The number of carboxylic acid groups (broad SMARTS) is 1. The quantitative estimate of drug-likeness (QED) is 0.752. The Bertz CT molecular complexity index is 493. The maximum absolute atomic E-state index is 10.9. The number of rotatable bonds is 2. The predicted molar refractivity (Wildman–Crippen MR) is 50.0 cm³/mol. The molecule has 0 bridgehead atoms. The lowest BCUT2D eigenvalue weighted by atomic mass is 10.1. The van der Waals surface area contributed by atoms with Gasteiger partial charge in [-0.25, -0.2) is 4.79 Å². The average molecular weight is 205 g/mol. The standard InChI is InChI=1S/C9H7N3O3/c13-6-1-2-8(7(3-6)9(14)15)12-4-10-11-5-12/h1-5,13H,(H,14,15). The van der Waals surface area contributed by atoms with Crippen LogP contribution in [0.2, 0.25) is 0 Å². The number of aromatic nitrogens is 3. The van der Waals surface area contributed by atoms with Gasteiger partial charge in [0.1, 0.15) is 18.4 Å². The van der Waals surface area contributed by atoms with Gasteiger partial charge in [0, 0.05) is 0 Å². The Hall–Kier alpha value is -2.37. The Morgan fingerprint density at radius 1 is 1.27 bits per heavy atom. The van der Waals surface area contributed by atoms with Crippen molar-refractivity contribution >= 4 is 5.97 Å². The number of phenolic OH excluding ortho intramolecular Hbond substituents is 1. The highest BCUT2D eigenvalue weighted by atomic mass is 16.4. The number of aromatic hydroxyl groups is 1. The van der Waals surface area contributed by atoms with E-state index in [-0.39, 0.29) is 11.3 Å². The highest BCUT2D eigenvalue weighted by Crippen LogP contribution is 2.19. The summed E-state index contributed by atoms with van der Waals surface area (Å²) in [6.45, 7) is 0. The third-order valence-electron chi connectivity index (χ3n) is 1.91. The Labute approximate surface area is 84.4 Å². The average Bonchev–Trinajstić information content (AvgIpc) is 2.70. The van der Waals surface area contributed by atoms with Crippen molar-refractivity contribution in [1.82, 2.24) is 14.8 Å². The Balaban J connectivity index is 2.61. The van der Waals surface area contributed by atoms with E-state index in [2.05, 4.69) is 10.2 Å². The first-order valence-electron chi connectivity index (χ1n) is 4.10. The first-order valence-corrected chi connectivity index (χ1v) is 4.10. The molecule has 15 heavy (non-hydrogen) atoms. The van der Waals surface area contributed by atoms with Crippen LogP contribution < -0.4 is 0 Å². The van der Waals surface area contributed by atoms with Gasteiger partial charge in [-0.15, -0.1) is 10.2 Å². The summed E-state index contributed by atoms with van der Waals surface area (Å²) < 4.78 is 1.46. The molecule has 0 atom stereocenters. The van der Waals surface area contributed by atoms with E-state index in [0.717, 1.165) is 0 Å². The summed E-state index contributed by atoms with van der Waals surface area (Å²) in [6, 6.07) is 4.07. The molecule has 0 saturated heterocycles. The summed E-state index contributed by atoms with van der Waals surface area (Å²) in [7, 11) is 0. The third-order valence-corrected chi connectivity index (χ3v) is 1.91. The van der Waals surface area contributed by atoms with Gasteiger partial charge in [-0.2, -0.15) is 0 Å². The summed E-state index contributed by atoms with van der Waals surface area (Å²) >= 11 is 0. The zero-order chi connectivity index (χ0) is 10.8. The van der Waals surface area contributed by atoms with Gasteiger partial charge in [-0.05, 0) is 18.2 Å². The lowest BCUT2D eigenvalue weighted by Crippen LogP contribution is -2.03. The molecule has 2 rings (SSSR count). The van der Waals surface area contributed by atoms with E-state index in [9.17, 15) is 9.90 Å². The van der Waals surface area contributed by atoms with Crippen molar-refractivity contribution in [2.45, 2.75) is 0 Å². The molecule has 0 aliphatic heterocycles. The van der Waals surface area contributed by atoms with Gasteiger partial charge in [-0.1, -0.05) is 0 Å². The minimum Gasteiger partial charge on any atom is -0.508 e. The lowest BCUT2D eigenvalue weighted by molar-refractivity contribution is 0.0696. The summed E-state index contributed by atoms with van der Waals surface area (Å²) in [5, 5.41) is 25.3. The minimum absolute atomic E-state index is 0.00481. The van der Waals surface area contributed by atoms with Crippen LogP contribution in [0.5, 0.6) is 5.75 Å². The van der Waals surface area contributed by atoms with Crippen LogP contribution in [0.3, 0.4) is 0 Å². The first kappa shape index (κ1) is 9.20. The molecule has 6 nitrogen and oxygen atoms in total. The van der Waals surface area contributed by atoms with Crippen molar-refractivity contribution in [2.24, 2.45) is 0 Å². The number of hydrogen-bond acceptors (Lipinski definition) is 4. The van der Waals surface area contributed by atoms with Crippen LogP contribution in [0.15, 0.2) is 30.9 Å². The molecule has 2 N–H and O–H groups in total. The zero-order valence-corrected chi connectivity index (χ0v) is 7.53. The monoisotopic (exact) mass is 205 g/mol. The maximum atomic E-state index is 10.9. The molecular formula is C9H7N3O3. The molecule has 1 aromatic carbocycles. The van der Waals surface area contributed by atoms with E-state index in [0.29, 0.717) is 5.69 Å². The molecule has 0 fully saturated rings. The van der Waals surface area contributed by atoms with Crippen LogP contribution in [0.25, 0.3) is 5.69 Å². The molecule has 0 spiro atoms. The van der Waals surface area contributed by atoms with Gasteiger partial charge in [0.15, 0.2) is 0 Å². The van der Waals surface area contributed by atoms with E-state index >= 15 is 0 Å². The highest BCUT2D eigenvalue weighted by Gasteiger charge is 2.12. The Morgan fingerprint density at radius 2 is 1.93 bits per heavy atom. The van der Waals surface area contributed by atoms with Gasteiger partial charge in [-0.3, -0.25) is 4.57 Å². The number of benzene rings is 1. The summed E-state index contributed by atoms with van der Waals surface area (Å²) in [5.41, 5.74) is 0.403. The molecule has 2 aromatic rings. The molecule has 1 aromatic heterocycles. The van der Waals surface area contributed by atoms with Gasteiger partial charge in [0.25, 0.3) is 0 Å². The summed E-state index contributed by atoms with van der Waals surface area (Å²) in [6.07, 6.45) is 2.78. The van der Waals surface area contributed by atoms with Gasteiger partial charge >= 0.3 is 5.97 Å². The smallest absolute Gasteiger partial charge is 0.337 e. The van der Waals surface area contributed by atoms with Crippen molar-refractivity contribution in [3.63, 3.8) is 0 Å². The molecule has 6 heteroatoms. The molecule has 76 valence electrons. The normalized spacial score (nSPS) is 10.1. The maximum Gasteiger partial charge on any atom is 0.337 e. The van der Waals surface area contributed by atoms with E-state index in [4.69, 9.17) is 5.11 Å². The van der Waals surface area contributed by atoms with E-state index in [1.165, 1.54) is 35.4 Å². The number of carboxylic acids is 1. The fourth-order valence-corrected chi connectivity index (χ4v) is 1.25. The van der Waals surface area contributed by atoms with Crippen molar-refractivity contribution in [3.8, 4) is 11.4 Å². The number of carbonyl (C=O) groups is 1. The van der Waals surface area contributed by atoms with Crippen LogP contribution in [-0.2, 0) is 0 Å². The van der Waals surface area contributed by atoms with Crippen LogP contribution in [0, 0.1) is 0 Å². The molecule has 0 unspecified atom stereocenters. The van der Waals surface area contributed by atoms with Crippen molar-refractivity contribution in [1.29, 1.82) is 0 Å². The van der Waals surface area contributed by atoms with E-state index < -0.39 is 5.97 Å². The predicted octanol–water partition coefficient (Wildman–Crippen LogP) is 0.671. The zero-order valence-electron chi connectivity index (χ0n) is 7.53. The highest BCUT2D eigenvalue weighted by molar-refractivity contribution is 5.92. The fraction of sp³-hybridized carbons (Fsp3) is 0. The van der Waals surface area contributed by atoms with Crippen LogP contribution in [-0.4, -0.2) is 30.9 Å². The first-order chi connectivity index (χ1) is 7.18. The van der Waals surface area contributed by atoms with Gasteiger partial charge < -0.3 is 10.2 Å². The van der Waals surface area contributed by atoms with Crippen LogP contribution in [0.1, 0.15) is 10.4 Å². The van der Waals surface area contributed by atoms with Crippen LogP contribution >= 0.6 is 0 Å². The molecular weight excluding hydrogens is 198 g/mol. The van der Waals surface area contributed by atoms with Crippen molar-refractivity contribution < 1.29 is 15.0 Å². The number of nitrogens with zero attached hydrogens (tertiary/aromatic N) is 3. The minimum atomic E-state index is -1.12. The number of phenols is 1. The number of aromatic carboxylic acids is 1. The lowest BCUT2D eigenvalue weighted by Gasteiger charge is -2.05. The van der Waals surface area contributed by atoms with E-state index in [1.807, 2.05) is 0 Å². The van der Waals surface area contributed by atoms with Crippen molar-refractivity contribution in [3.05, 3.63) is 36.4 Å². The van der Waals surface area contributed by atoms with Crippen molar-refractivity contribution in [2.75, 3.05) is 0 Å². The SMILES string of the molecule is O=C(O)c1cc(O)ccc1-n1cnnc1. The second-order valence-corrected chi connectivity index (χ2v) is 2.88. The van der Waals surface area contributed by atoms with Gasteiger partial charge in [0.2, 0.25) is 0 Å². The summed E-state index contributed by atoms with van der Waals surface area (Å²) in [4.78, 5) is 10.9. The molecule has 0 radical (unpaired) electrons. The molecule has 0 amide bonds. The second-order valence-electron chi connectivity index (χ2n) is 2.88. The Morgan fingerprint density at radius 3 is 2.53 bits per heavy atom. The topological polar surface area (TPSA) is 88.2 Å². The Kier molecular flexibility index (Phi) is 2.09. The van der Waals surface area contributed by atoms with Crippen LogP contribution in [0.4, 0.5) is 0 Å². The molecule has 1 heterocycles. The summed E-state index contributed by atoms with van der Waals surface area (Å²) in [5.74, 6) is -1.21. The molecule has 0 aliphatic carbocycles. The van der Waals surface area contributed by atoms with Gasteiger partial charge in [0.05, 0.1) is 11.3 Å². The largest absolute Gasteiger partial charge is 0.508 e. The third kappa shape index (κ3) is 1.64. The number of hydrogen-bond donors (Lipinski definition) is 2.